The number of anilines is 1. The summed E-state index contributed by atoms with van der Waals surface area (Å²) >= 11 is 0. The lowest BCUT2D eigenvalue weighted by atomic mass is 9.49. The van der Waals surface area contributed by atoms with Gasteiger partial charge in [0, 0.05) is 17.2 Å². The Labute approximate surface area is 183 Å². The highest BCUT2D eigenvalue weighted by Crippen LogP contribution is 2.60. The van der Waals surface area contributed by atoms with Crippen LogP contribution in [0.3, 0.4) is 0 Å². The first-order valence-corrected chi connectivity index (χ1v) is 11.4. The van der Waals surface area contributed by atoms with Crippen LogP contribution in [0.5, 0.6) is 5.75 Å². The molecule has 4 saturated carbocycles. The molecule has 31 heavy (non-hydrogen) atoms. The van der Waals surface area contributed by atoms with Crippen molar-refractivity contribution in [3.8, 4) is 5.75 Å². The summed E-state index contributed by atoms with van der Waals surface area (Å²) in [5.74, 6) is 1.65. The molecule has 5 rings (SSSR count). The van der Waals surface area contributed by atoms with Gasteiger partial charge in [-0.05, 0) is 74.3 Å². The third kappa shape index (κ3) is 4.70. The molecule has 4 bridgehead atoms. The van der Waals surface area contributed by atoms with Crippen molar-refractivity contribution in [2.24, 2.45) is 34.8 Å². The van der Waals surface area contributed by atoms with Gasteiger partial charge in [0.1, 0.15) is 11.8 Å². The van der Waals surface area contributed by atoms with E-state index in [9.17, 15) is 14.4 Å². The minimum Gasteiger partial charge on any atom is -0.484 e. The minimum atomic E-state index is -0.615. The van der Waals surface area contributed by atoms with Crippen LogP contribution < -0.4 is 21.1 Å². The molecule has 0 aromatic heterocycles. The lowest BCUT2D eigenvalue weighted by molar-refractivity contribution is -0.148. The predicted molar refractivity (Wildman–Crippen MR) is 117 cm³/mol. The molecule has 1 aromatic rings. The molecular weight excluding hydrogens is 394 g/mol. The molecule has 1 unspecified atom stereocenters. The Bertz CT molecular complexity index is 831. The normalized spacial score (nSPS) is 29.5. The highest BCUT2D eigenvalue weighted by molar-refractivity contribution is 5.98. The van der Waals surface area contributed by atoms with E-state index in [1.165, 1.54) is 19.3 Å². The third-order valence-electron chi connectivity index (χ3n) is 7.24. The van der Waals surface area contributed by atoms with E-state index >= 15 is 0 Å². The second-order valence-electron chi connectivity index (χ2n) is 10.2. The average molecular weight is 428 g/mol. The molecule has 3 amide bonds. The van der Waals surface area contributed by atoms with Crippen molar-refractivity contribution in [3.05, 3.63) is 24.3 Å². The number of nitrogens with one attached hydrogen (secondary N) is 2. The Morgan fingerprint density at radius 2 is 1.71 bits per heavy atom. The van der Waals surface area contributed by atoms with Gasteiger partial charge in [-0.1, -0.05) is 19.9 Å². The van der Waals surface area contributed by atoms with Crippen molar-refractivity contribution in [3.63, 3.8) is 0 Å². The monoisotopic (exact) mass is 427 g/mol. The van der Waals surface area contributed by atoms with Gasteiger partial charge in [0.2, 0.25) is 11.8 Å². The summed E-state index contributed by atoms with van der Waals surface area (Å²) in [6, 6.07) is 6.18. The van der Waals surface area contributed by atoms with Crippen LogP contribution in [0, 0.1) is 29.1 Å². The van der Waals surface area contributed by atoms with Gasteiger partial charge in [0.25, 0.3) is 5.91 Å². The molecule has 4 aliphatic carbocycles. The molecule has 7 nitrogen and oxygen atoms in total. The first-order valence-electron chi connectivity index (χ1n) is 11.4. The highest BCUT2D eigenvalue weighted by atomic mass is 16.5. The van der Waals surface area contributed by atoms with Gasteiger partial charge in [0.15, 0.2) is 6.61 Å². The van der Waals surface area contributed by atoms with E-state index in [2.05, 4.69) is 10.6 Å². The number of primary amides is 1. The first kappa shape index (κ1) is 21.7. The molecule has 0 saturated heterocycles. The Morgan fingerprint density at radius 1 is 1.10 bits per heavy atom. The lowest BCUT2D eigenvalue weighted by Crippen LogP contribution is -2.57. The van der Waals surface area contributed by atoms with E-state index in [1.807, 2.05) is 13.8 Å². The Kier molecular flexibility index (Phi) is 5.95. The molecule has 4 N–H and O–H groups in total. The summed E-state index contributed by atoms with van der Waals surface area (Å²) < 4.78 is 5.30. The molecule has 4 fully saturated rings. The zero-order valence-electron chi connectivity index (χ0n) is 18.4. The van der Waals surface area contributed by atoms with E-state index in [-0.39, 0.29) is 29.8 Å². The molecular formula is C24H33N3O4. The molecule has 1 atom stereocenters. The van der Waals surface area contributed by atoms with E-state index in [4.69, 9.17) is 10.5 Å². The van der Waals surface area contributed by atoms with Crippen LogP contribution >= 0.6 is 0 Å². The van der Waals surface area contributed by atoms with Crippen molar-refractivity contribution in [2.45, 2.75) is 58.4 Å². The van der Waals surface area contributed by atoms with Crippen LogP contribution in [-0.4, -0.2) is 30.4 Å². The summed E-state index contributed by atoms with van der Waals surface area (Å²) in [5, 5.41) is 5.99. The maximum Gasteiger partial charge on any atom is 0.255 e. The number of amides is 3. The summed E-state index contributed by atoms with van der Waals surface area (Å²) in [6.07, 6.45) is 6.72. The highest BCUT2D eigenvalue weighted by Gasteiger charge is 2.55. The van der Waals surface area contributed by atoms with Crippen molar-refractivity contribution >= 4 is 23.4 Å². The van der Waals surface area contributed by atoms with E-state index < -0.39 is 11.9 Å². The standard InChI is InChI=1S/C24H33N3O4/c1-14(2)21(22(29)26-18-4-3-5-19(9-18)31-13-20(25)28)27-23(30)24-10-15-6-16(11-24)8-17(7-15)12-24/h3-5,9,14-17,21H,6-8,10-13H2,1-2H3,(H2,25,28)(H,26,29)(H,27,30). The SMILES string of the molecule is CC(C)C(NC(=O)C12CC3CC(CC(C3)C1)C2)C(=O)Nc1cccc(OCC(N)=O)c1. The van der Waals surface area contributed by atoms with Crippen molar-refractivity contribution in [2.75, 3.05) is 11.9 Å². The van der Waals surface area contributed by atoms with Crippen molar-refractivity contribution in [1.29, 1.82) is 0 Å². The fraction of sp³-hybridized carbons (Fsp3) is 0.625. The topological polar surface area (TPSA) is 111 Å². The zero-order chi connectivity index (χ0) is 22.2. The first-order chi connectivity index (χ1) is 14.7. The number of hydrogen-bond acceptors (Lipinski definition) is 4. The van der Waals surface area contributed by atoms with Crippen LogP contribution in [0.4, 0.5) is 5.69 Å². The van der Waals surface area contributed by atoms with Crippen LogP contribution in [0.1, 0.15) is 52.4 Å². The second-order valence-corrected chi connectivity index (χ2v) is 10.2. The minimum absolute atomic E-state index is 0.0489. The van der Waals surface area contributed by atoms with E-state index in [1.54, 1.807) is 24.3 Å². The number of hydrogen-bond donors (Lipinski definition) is 3. The molecule has 168 valence electrons. The Morgan fingerprint density at radius 3 is 2.26 bits per heavy atom. The van der Waals surface area contributed by atoms with Gasteiger partial charge in [-0.15, -0.1) is 0 Å². The summed E-state index contributed by atoms with van der Waals surface area (Å²) in [7, 11) is 0. The number of benzene rings is 1. The number of nitrogens with two attached hydrogens (primary N) is 1. The van der Waals surface area contributed by atoms with Crippen LogP contribution in [0.2, 0.25) is 0 Å². The summed E-state index contributed by atoms with van der Waals surface area (Å²) in [6.45, 7) is 3.65. The van der Waals surface area contributed by atoms with Gasteiger partial charge in [-0.25, -0.2) is 0 Å². The molecule has 7 heteroatoms. The van der Waals surface area contributed by atoms with E-state index in [0.29, 0.717) is 29.2 Å². The van der Waals surface area contributed by atoms with Crippen molar-refractivity contribution in [1.82, 2.24) is 5.32 Å². The average Bonchev–Trinajstić information content (AvgIpc) is 2.69. The maximum absolute atomic E-state index is 13.4. The molecule has 4 aliphatic rings. The lowest BCUT2D eigenvalue weighted by Gasteiger charge is -2.55. The van der Waals surface area contributed by atoms with Gasteiger partial charge >= 0.3 is 0 Å². The fourth-order valence-electron chi connectivity index (χ4n) is 6.26. The fourth-order valence-corrected chi connectivity index (χ4v) is 6.26. The maximum atomic E-state index is 13.4. The zero-order valence-corrected chi connectivity index (χ0v) is 18.4. The van der Waals surface area contributed by atoms with Gasteiger partial charge in [-0.3, -0.25) is 14.4 Å². The predicted octanol–water partition coefficient (Wildman–Crippen LogP) is 2.85. The summed E-state index contributed by atoms with van der Waals surface area (Å²) in [5.41, 5.74) is 5.37. The quantitative estimate of drug-likeness (QED) is 0.592. The Hall–Kier alpha value is -2.57. The van der Waals surface area contributed by atoms with Gasteiger partial charge in [0.05, 0.1) is 0 Å². The van der Waals surface area contributed by atoms with Gasteiger partial charge < -0.3 is 21.1 Å². The second kappa shape index (κ2) is 8.52. The third-order valence-corrected chi connectivity index (χ3v) is 7.24. The van der Waals surface area contributed by atoms with Crippen molar-refractivity contribution < 1.29 is 19.1 Å². The largest absolute Gasteiger partial charge is 0.484 e. The van der Waals surface area contributed by atoms with Crippen LogP contribution in [0.25, 0.3) is 0 Å². The molecule has 0 radical (unpaired) electrons. The number of rotatable bonds is 8. The smallest absolute Gasteiger partial charge is 0.255 e. The van der Waals surface area contributed by atoms with Crippen LogP contribution in [-0.2, 0) is 14.4 Å². The van der Waals surface area contributed by atoms with E-state index in [0.717, 1.165) is 19.3 Å². The number of carbonyl (C=O) groups is 3. The molecule has 0 heterocycles. The van der Waals surface area contributed by atoms with Gasteiger partial charge in [-0.2, -0.15) is 0 Å². The molecule has 1 aromatic carbocycles. The number of carbonyl (C=O) groups excluding carboxylic acids is 3. The number of ether oxygens (including phenoxy) is 1. The Balaban J connectivity index is 1.42. The molecule has 0 aliphatic heterocycles. The molecule has 0 spiro atoms. The van der Waals surface area contributed by atoms with Crippen LogP contribution in [0.15, 0.2) is 24.3 Å². The summed E-state index contributed by atoms with van der Waals surface area (Å²) in [4.78, 5) is 37.4.